The van der Waals surface area contributed by atoms with E-state index in [0.29, 0.717) is 6.61 Å². The number of carbonyl (C=O) groups is 1. The fourth-order valence-electron chi connectivity index (χ4n) is 2.14. The van der Waals surface area contributed by atoms with E-state index in [0.717, 1.165) is 18.4 Å². The highest BCUT2D eigenvalue weighted by Gasteiger charge is 2.18. The number of hydrogen-bond acceptors (Lipinski definition) is 3. The van der Waals surface area contributed by atoms with E-state index in [1.165, 1.54) is 5.56 Å². The number of esters is 1. The van der Waals surface area contributed by atoms with Gasteiger partial charge in [0.05, 0.1) is 5.92 Å². The molecule has 0 aliphatic heterocycles. The summed E-state index contributed by atoms with van der Waals surface area (Å²) in [6.45, 7) is 2.38. The van der Waals surface area contributed by atoms with E-state index in [4.69, 9.17) is 24.0 Å². The first-order chi connectivity index (χ1) is 11.8. The fourth-order valence-corrected chi connectivity index (χ4v) is 2.14. The number of carbonyl (C=O) groups excluding carboxylic acids is 1. The molecule has 2 rings (SSSR count). The van der Waals surface area contributed by atoms with Gasteiger partial charge in [0.2, 0.25) is 0 Å². The van der Waals surface area contributed by atoms with Gasteiger partial charge in [-0.1, -0.05) is 67.6 Å². The number of rotatable bonds is 6. The lowest BCUT2D eigenvalue weighted by Crippen LogP contribution is -2.19. The minimum Gasteiger partial charge on any atom is -0.461 e. The summed E-state index contributed by atoms with van der Waals surface area (Å²) < 4.78 is 14.3. The Kier molecular flexibility index (Phi) is 9.10. The Labute approximate surface area is 147 Å². The Morgan fingerprint density at radius 1 is 0.960 bits per heavy atom. The molecule has 0 aliphatic rings. The van der Waals surface area contributed by atoms with Gasteiger partial charge in [-0.2, -0.15) is 0 Å². The van der Waals surface area contributed by atoms with Gasteiger partial charge in [0.15, 0.2) is 0 Å². The zero-order valence-corrected chi connectivity index (χ0v) is 14.9. The van der Waals surface area contributed by atoms with Crippen molar-refractivity contribution in [3.63, 3.8) is 0 Å². The summed E-state index contributed by atoms with van der Waals surface area (Å²) >= 11 is 0. The quantitative estimate of drug-likeness (QED) is 0.536. The van der Waals surface area contributed by atoms with Crippen LogP contribution in [0, 0.1) is 5.92 Å². The molecule has 25 heavy (non-hydrogen) atoms. The van der Waals surface area contributed by atoms with Crippen molar-refractivity contribution in [2.75, 3.05) is 0 Å². The van der Waals surface area contributed by atoms with E-state index in [-0.39, 0.29) is 11.9 Å². The normalized spacial score (nSPS) is 11.8. The van der Waals surface area contributed by atoms with Crippen LogP contribution in [0.1, 0.15) is 24.5 Å². The van der Waals surface area contributed by atoms with E-state index in [1.807, 2.05) is 67.6 Å². The minimum atomic E-state index is -4.64. The first kappa shape index (κ1) is 21.1. The molecular weight excluding hydrogens is 343 g/mol. The van der Waals surface area contributed by atoms with Crippen molar-refractivity contribution in [1.82, 2.24) is 0 Å². The molecule has 2 aromatic carbocycles. The molecule has 1 atom stereocenters. The van der Waals surface area contributed by atoms with Crippen LogP contribution in [0.2, 0.25) is 0 Å². The lowest BCUT2D eigenvalue weighted by Gasteiger charge is -2.14. The van der Waals surface area contributed by atoms with Crippen LogP contribution in [0.3, 0.4) is 0 Å². The van der Waals surface area contributed by atoms with Gasteiger partial charge in [-0.15, -0.1) is 0 Å². The highest BCUT2D eigenvalue weighted by atomic mass is 31.2. The van der Waals surface area contributed by atoms with Crippen molar-refractivity contribution in [2.24, 2.45) is 5.92 Å². The van der Waals surface area contributed by atoms with Gasteiger partial charge in [0.1, 0.15) is 6.61 Å². The van der Waals surface area contributed by atoms with Crippen LogP contribution in [-0.2, 0) is 27.1 Å². The van der Waals surface area contributed by atoms with Crippen LogP contribution in [0.25, 0.3) is 0 Å². The largest absolute Gasteiger partial charge is 0.466 e. The summed E-state index contributed by atoms with van der Waals surface area (Å²) in [4.78, 5) is 33.7. The third kappa shape index (κ3) is 10.5. The molecule has 0 saturated heterocycles. The van der Waals surface area contributed by atoms with Crippen LogP contribution >= 0.6 is 7.82 Å². The molecule has 3 N–H and O–H groups in total. The maximum absolute atomic E-state index is 12.1. The molecule has 0 fully saturated rings. The Morgan fingerprint density at radius 2 is 1.40 bits per heavy atom. The highest BCUT2D eigenvalue weighted by molar-refractivity contribution is 7.45. The first-order valence-electron chi connectivity index (χ1n) is 7.82. The Balaban J connectivity index is 0.000000550. The summed E-state index contributed by atoms with van der Waals surface area (Å²) in [5.41, 5.74) is 2.20. The topological polar surface area (TPSA) is 104 Å². The molecule has 0 bridgehead atoms. The van der Waals surface area contributed by atoms with Crippen LogP contribution < -0.4 is 0 Å². The van der Waals surface area contributed by atoms with E-state index < -0.39 is 7.82 Å². The second-order valence-electron chi connectivity index (χ2n) is 5.40. The van der Waals surface area contributed by atoms with Gasteiger partial charge in [0.25, 0.3) is 0 Å². The molecule has 1 unspecified atom stereocenters. The summed E-state index contributed by atoms with van der Waals surface area (Å²) in [6, 6.07) is 19.9. The average Bonchev–Trinajstić information content (AvgIpc) is 2.58. The van der Waals surface area contributed by atoms with Crippen molar-refractivity contribution >= 4 is 13.8 Å². The van der Waals surface area contributed by atoms with Gasteiger partial charge in [-0.3, -0.25) is 4.79 Å². The molecule has 0 aliphatic carbocycles. The van der Waals surface area contributed by atoms with Crippen LogP contribution in [0.15, 0.2) is 60.7 Å². The molecule has 0 amide bonds. The van der Waals surface area contributed by atoms with Crippen LogP contribution in [0.4, 0.5) is 0 Å². The molecule has 0 heterocycles. The van der Waals surface area contributed by atoms with Crippen LogP contribution in [-0.4, -0.2) is 20.6 Å². The monoisotopic (exact) mass is 366 g/mol. The molecule has 0 saturated carbocycles. The summed E-state index contributed by atoms with van der Waals surface area (Å²) in [7, 11) is -4.64. The van der Waals surface area contributed by atoms with Gasteiger partial charge in [0, 0.05) is 0 Å². The summed E-state index contributed by atoms with van der Waals surface area (Å²) in [5.74, 6) is -0.179. The van der Waals surface area contributed by atoms with Crippen LogP contribution in [0.5, 0.6) is 0 Å². The second kappa shape index (κ2) is 10.8. The van der Waals surface area contributed by atoms with Gasteiger partial charge in [-0.05, 0) is 24.0 Å². The van der Waals surface area contributed by atoms with Gasteiger partial charge >= 0.3 is 13.8 Å². The number of benzene rings is 2. The number of hydrogen-bond donors (Lipinski definition) is 3. The lowest BCUT2D eigenvalue weighted by molar-refractivity contribution is -0.150. The standard InChI is InChI=1S/C18H20O2.H3O4P/c1-2-17(13-15-9-5-3-6-10-15)18(19)20-14-16-11-7-4-8-12-16;1-5(2,3)4/h3-12,17H,2,13-14H2,1H3;(H3,1,2,3,4). The maximum atomic E-state index is 12.1. The molecule has 7 heteroatoms. The third-order valence-electron chi connectivity index (χ3n) is 3.37. The molecule has 0 spiro atoms. The molecule has 136 valence electrons. The molecular formula is C18H23O6P. The van der Waals surface area contributed by atoms with E-state index in [2.05, 4.69) is 0 Å². The first-order valence-corrected chi connectivity index (χ1v) is 9.39. The highest BCUT2D eigenvalue weighted by Crippen LogP contribution is 2.25. The van der Waals surface area contributed by atoms with Crippen molar-refractivity contribution in [1.29, 1.82) is 0 Å². The van der Waals surface area contributed by atoms with Crippen molar-refractivity contribution in [3.8, 4) is 0 Å². The Morgan fingerprint density at radius 3 is 1.84 bits per heavy atom. The molecule has 2 aromatic rings. The summed E-state index contributed by atoms with van der Waals surface area (Å²) in [6.07, 6.45) is 1.54. The average molecular weight is 366 g/mol. The number of ether oxygens (including phenoxy) is 1. The smallest absolute Gasteiger partial charge is 0.461 e. The molecule has 6 nitrogen and oxygen atoms in total. The zero-order chi connectivity index (χ0) is 18.7. The van der Waals surface area contributed by atoms with E-state index in [9.17, 15) is 4.79 Å². The third-order valence-corrected chi connectivity index (χ3v) is 3.37. The van der Waals surface area contributed by atoms with Gasteiger partial charge in [-0.25, -0.2) is 4.57 Å². The van der Waals surface area contributed by atoms with E-state index in [1.54, 1.807) is 0 Å². The molecule has 0 aromatic heterocycles. The predicted molar refractivity (Wildman–Crippen MR) is 94.4 cm³/mol. The fraction of sp³-hybridized carbons (Fsp3) is 0.278. The van der Waals surface area contributed by atoms with Crippen molar-refractivity contribution in [2.45, 2.75) is 26.4 Å². The Hall–Kier alpha value is -1.98. The summed E-state index contributed by atoms with van der Waals surface area (Å²) in [5, 5.41) is 0. The second-order valence-corrected chi connectivity index (χ2v) is 6.43. The zero-order valence-electron chi connectivity index (χ0n) is 14.0. The molecule has 0 radical (unpaired) electrons. The van der Waals surface area contributed by atoms with Gasteiger partial charge < -0.3 is 19.4 Å². The van der Waals surface area contributed by atoms with Crippen molar-refractivity contribution in [3.05, 3.63) is 71.8 Å². The predicted octanol–water partition coefficient (Wildman–Crippen LogP) is 3.07. The Bertz CT molecular complexity index is 660. The minimum absolute atomic E-state index is 0.0684. The van der Waals surface area contributed by atoms with E-state index >= 15 is 0 Å². The number of phosphoric acid groups is 1. The maximum Gasteiger partial charge on any atom is 0.466 e. The lowest BCUT2D eigenvalue weighted by atomic mass is 9.97. The van der Waals surface area contributed by atoms with Crippen molar-refractivity contribution < 1.29 is 28.8 Å². The SMILES string of the molecule is CCC(Cc1ccccc1)C(=O)OCc1ccccc1.O=P(O)(O)O.